The summed E-state index contributed by atoms with van der Waals surface area (Å²) in [5.74, 6) is -1.92. The van der Waals surface area contributed by atoms with Crippen molar-refractivity contribution >= 4 is 11.9 Å². The monoisotopic (exact) mass is 307 g/mol. The minimum atomic E-state index is -1.07. The van der Waals surface area contributed by atoms with Crippen LogP contribution >= 0.6 is 0 Å². The Labute approximate surface area is 127 Å². The molecular formula is C16H18FNO4. The lowest BCUT2D eigenvalue weighted by Gasteiger charge is -2.41. The summed E-state index contributed by atoms with van der Waals surface area (Å²) in [4.78, 5) is 25.7. The molecule has 118 valence electrons. The molecule has 2 fully saturated rings. The number of carbonyl (C=O) groups excluding carboxylic acids is 1. The topological polar surface area (TPSA) is 66.8 Å². The number of amides is 1. The molecule has 1 aliphatic heterocycles. The highest BCUT2D eigenvalue weighted by Crippen LogP contribution is 2.41. The molecule has 1 aromatic carbocycles. The van der Waals surface area contributed by atoms with Crippen LogP contribution in [0.2, 0.25) is 0 Å². The second-order valence-corrected chi connectivity index (χ2v) is 5.85. The van der Waals surface area contributed by atoms with Gasteiger partial charge in [-0.3, -0.25) is 9.69 Å². The molecule has 1 saturated carbocycles. The highest BCUT2D eigenvalue weighted by Gasteiger charge is 2.53. The van der Waals surface area contributed by atoms with Gasteiger partial charge < -0.3 is 9.84 Å². The Morgan fingerprint density at radius 3 is 2.41 bits per heavy atom. The lowest BCUT2D eigenvalue weighted by Crippen LogP contribution is -2.54. The van der Waals surface area contributed by atoms with Gasteiger partial charge in [0.25, 0.3) is 5.91 Å². The van der Waals surface area contributed by atoms with Gasteiger partial charge in [0, 0.05) is 5.56 Å². The van der Waals surface area contributed by atoms with E-state index in [-0.39, 0.29) is 12.2 Å². The van der Waals surface area contributed by atoms with E-state index in [1.165, 1.54) is 29.2 Å². The Morgan fingerprint density at radius 2 is 1.82 bits per heavy atom. The van der Waals surface area contributed by atoms with Gasteiger partial charge in [-0.25, -0.2) is 9.18 Å². The van der Waals surface area contributed by atoms with Crippen molar-refractivity contribution in [1.29, 1.82) is 0 Å². The van der Waals surface area contributed by atoms with Crippen LogP contribution in [0.3, 0.4) is 0 Å². The number of benzene rings is 1. The largest absolute Gasteiger partial charge is 0.480 e. The predicted molar refractivity (Wildman–Crippen MR) is 75.8 cm³/mol. The number of ether oxygens (including phenoxy) is 1. The molecule has 5 nitrogen and oxygen atoms in total. The first-order valence-electron chi connectivity index (χ1n) is 7.49. The van der Waals surface area contributed by atoms with Crippen LogP contribution < -0.4 is 0 Å². The van der Waals surface area contributed by atoms with E-state index in [0.29, 0.717) is 12.8 Å². The normalized spacial score (nSPS) is 23.7. The molecule has 22 heavy (non-hydrogen) atoms. The van der Waals surface area contributed by atoms with Crippen LogP contribution in [-0.4, -0.2) is 40.3 Å². The lowest BCUT2D eigenvalue weighted by molar-refractivity contribution is -0.143. The third kappa shape index (κ3) is 2.47. The Morgan fingerprint density at radius 1 is 1.18 bits per heavy atom. The molecule has 0 bridgehead atoms. The summed E-state index contributed by atoms with van der Waals surface area (Å²) in [5, 5.41) is 9.40. The summed E-state index contributed by atoms with van der Waals surface area (Å²) in [6, 6.07) is 4.17. The van der Waals surface area contributed by atoms with E-state index in [9.17, 15) is 19.1 Å². The molecule has 1 heterocycles. The van der Waals surface area contributed by atoms with Gasteiger partial charge in [-0.15, -0.1) is 0 Å². The van der Waals surface area contributed by atoms with Crippen LogP contribution in [0.15, 0.2) is 24.3 Å². The molecule has 6 heteroatoms. The van der Waals surface area contributed by atoms with Crippen LogP contribution in [0.4, 0.5) is 4.39 Å². The quantitative estimate of drug-likeness (QED) is 0.911. The summed E-state index contributed by atoms with van der Waals surface area (Å²) < 4.78 is 18.8. The molecule has 0 aromatic heterocycles. The Balaban J connectivity index is 1.95. The van der Waals surface area contributed by atoms with Crippen molar-refractivity contribution in [3.63, 3.8) is 0 Å². The fraction of sp³-hybridized carbons (Fsp3) is 0.500. The molecule has 1 amide bonds. The minimum absolute atomic E-state index is 0.00225. The molecule has 1 spiro atoms. The summed E-state index contributed by atoms with van der Waals surface area (Å²) in [6.45, 7) is 0.00225. The number of hydrogen-bond acceptors (Lipinski definition) is 3. The molecule has 1 N–H and O–H groups in total. The van der Waals surface area contributed by atoms with Crippen LogP contribution in [0.25, 0.3) is 0 Å². The number of carbonyl (C=O) groups is 2. The Kier molecular flexibility index (Phi) is 3.87. The average molecular weight is 307 g/mol. The maximum atomic E-state index is 13.0. The average Bonchev–Trinajstić information content (AvgIpc) is 2.87. The number of hydrogen-bond donors (Lipinski definition) is 1. The molecule has 3 rings (SSSR count). The van der Waals surface area contributed by atoms with E-state index in [2.05, 4.69) is 0 Å². The molecule has 1 atom stereocenters. The lowest BCUT2D eigenvalue weighted by atomic mass is 9.89. The highest BCUT2D eigenvalue weighted by atomic mass is 19.1. The fourth-order valence-corrected chi connectivity index (χ4v) is 3.39. The van der Waals surface area contributed by atoms with E-state index in [4.69, 9.17) is 4.74 Å². The molecule has 1 saturated heterocycles. The fourth-order valence-electron chi connectivity index (χ4n) is 3.39. The summed E-state index contributed by atoms with van der Waals surface area (Å²) in [7, 11) is 0. The Hall–Kier alpha value is -1.95. The number of aliphatic carboxylic acids is 1. The van der Waals surface area contributed by atoms with Gasteiger partial charge in [-0.1, -0.05) is 6.42 Å². The first-order valence-corrected chi connectivity index (χ1v) is 7.49. The van der Waals surface area contributed by atoms with E-state index < -0.39 is 29.5 Å². The van der Waals surface area contributed by atoms with Crippen molar-refractivity contribution < 1.29 is 23.8 Å². The maximum Gasteiger partial charge on any atom is 0.328 e. The van der Waals surface area contributed by atoms with Crippen molar-refractivity contribution in [2.45, 2.75) is 43.9 Å². The van der Waals surface area contributed by atoms with E-state index >= 15 is 0 Å². The number of carboxylic acid groups (broad SMARTS) is 1. The highest BCUT2D eigenvalue weighted by molar-refractivity contribution is 5.97. The van der Waals surface area contributed by atoms with E-state index in [1.807, 2.05) is 0 Å². The van der Waals surface area contributed by atoms with Crippen molar-refractivity contribution in [3.05, 3.63) is 35.6 Å². The van der Waals surface area contributed by atoms with Crippen molar-refractivity contribution in [2.24, 2.45) is 0 Å². The van der Waals surface area contributed by atoms with Gasteiger partial charge >= 0.3 is 5.97 Å². The summed E-state index contributed by atoms with van der Waals surface area (Å²) >= 11 is 0. The third-order valence-corrected chi connectivity index (χ3v) is 4.49. The van der Waals surface area contributed by atoms with Crippen LogP contribution in [0, 0.1) is 5.82 Å². The number of rotatable bonds is 2. The van der Waals surface area contributed by atoms with Crippen molar-refractivity contribution in [3.8, 4) is 0 Å². The SMILES string of the molecule is O=C(O)[C@@H]1COC2(CCCCC2)N1C(=O)c1ccc(F)cc1. The zero-order valence-electron chi connectivity index (χ0n) is 12.1. The van der Waals surface area contributed by atoms with Gasteiger partial charge in [-0.2, -0.15) is 0 Å². The zero-order valence-corrected chi connectivity index (χ0v) is 12.1. The van der Waals surface area contributed by atoms with Gasteiger partial charge in [0.15, 0.2) is 6.04 Å². The minimum Gasteiger partial charge on any atom is -0.480 e. The molecular weight excluding hydrogens is 289 g/mol. The first-order chi connectivity index (χ1) is 10.5. The molecule has 1 aliphatic carbocycles. The van der Waals surface area contributed by atoms with Crippen LogP contribution in [-0.2, 0) is 9.53 Å². The predicted octanol–water partition coefficient (Wildman–Crippen LogP) is 2.41. The van der Waals surface area contributed by atoms with Gasteiger partial charge in [0.05, 0.1) is 6.61 Å². The number of carboxylic acids is 1. The van der Waals surface area contributed by atoms with Gasteiger partial charge in [0.2, 0.25) is 0 Å². The standard InChI is InChI=1S/C16H18FNO4/c17-12-6-4-11(5-7-12)14(19)18-13(15(20)21)10-22-16(18)8-2-1-3-9-16/h4-7,13H,1-3,8-10H2,(H,20,21)/t13-/m0/s1. The van der Waals surface area contributed by atoms with E-state index in [1.54, 1.807) is 0 Å². The van der Waals surface area contributed by atoms with Crippen molar-refractivity contribution in [2.75, 3.05) is 6.61 Å². The molecule has 2 aliphatic rings. The summed E-state index contributed by atoms with van der Waals surface area (Å²) in [5.41, 5.74) is -0.546. The van der Waals surface area contributed by atoms with E-state index in [0.717, 1.165) is 19.3 Å². The maximum absolute atomic E-state index is 13.0. The first kappa shape index (κ1) is 15.0. The number of halogens is 1. The molecule has 0 unspecified atom stereocenters. The van der Waals surface area contributed by atoms with Gasteiger partial charge in [0.1, 0.15) is 11.5 Å². The Bertz CT molecular complexity index is 580. The van der Waals surface area contributed by atoms with Crippen LogP contribution in [0.5, 0.6) is 0 Å². The number of nitrogens with zero attached hydrogens (tertiary/aromatic N) is 1. The second-order valence-electron chi connectivity index (χ2n) is 5.85. The smallest absolute Gasteiger partial charge is 0.328 e. The second kappa shape index (κ2) is 5.68. The third-order valence-electron chi connectivity index (χ3n) is 4.49. The zero-order chi connectivity index (χ0) is 15.7. The van der Waals surface area contributed by atoms with Crippen LogP contribution in [0.1, 0.15) is 42.5 Å². The molecule has 1 aromatic rings. The molecule has 0 radical (unpaired) electrons. The van der Waals surface area contributed by atoms with Gasteiger partial charge in [-0.05, 0) is 49.9 Å². The summed E-state index contributed by atoms with van der Waals surface area (Å²) in [6.07, 6.45) is 4.15. The van der Waals surface area contributed by atoms with Crippen molar-refractivity contribution in [1.82, 2.24) is 4.90 Å².